The van der Waals surface area contributed by atoms with Crippen LogP contribution in [0.15, 0.2) is 42.5 Å². The van der Waals surface area contributed by atoms with Crippen LogP contribution in [0.25, 0.3) is 0 Å². The number of hydrogen-bond donors (Lipinski definition) is 2. The molecule has 0 amide bonds. The Morgan fingerprint density at radius 3 is 2.52 bits per heavy atom. The van der Waals surface area contributed by atoms with E-state index in [1.54, 1.807) is 6.07 Å². The van der Waals surface area contributed by atoms with Crippen LogP contribution >= 0.6 is 0 Å². The van der Waals surface area contributed by atoms with E-state index in [0.717, 1.165) is 43.4 Å². The number of piperidine rings is 1. The minimum Gasteiger partial charge on any atom is -0.393 e. The lowest BCUT2D eigenvalue weighted by Crippen LogP contribution is -2.36. The predicted octanol–water partition coefficient (Wildman–Crippen LogP) is 3.54. The third-order valence-corrected chi connectivity index (χ3v) is 4.18. The third-order valence-electron chi connectivity index (χ3n) is 4.18. The molecule has 122 valence electrons. The predicted molar refractivity (Wildman–Crippen MR) is 87.6 cm³/mol. The molecule has 1 aliphatic rings. The first-order valence-corrected chi connectivity index (χ1v) is 7.83. The molecule has 0 unspecified atom stereocenters. The second-order valence-electron chi connectivity index (χ2n) is 5.84. The second kappa shape index (κ2) is 6.96. The van der Waals surface area contributed by atoms with Gasteiger partial charge in [-0.05, 0) is 42.7 Å². The van der Waals surface area contributed by atoms with E-state index in [1.807, 2.05) is 24.3 Å². The molecule has 23 heavy (non-hydrogen) atoms. The molecule has 1 fully saturated rings. The van der Waals surface area contributed by atoms with Crippen LogP contribution < -0.4 is 10.2 Å². The lowest BCUT2D eigenvalue weighted by molar-refractivity contribution is 0.145. The van der Waals surface area contributed by atoms with E-state index in [4.69, 9.17) is 0 Å². The lowest BCUT2D eigenvalue weighted by atomic mass is 10.1. The van der Waals surface area contributed by atoms with E-state index in [9.17, 15) is 13.9 Å². The van der Waals surface area contributed by atoms with Crippen LogP contribution in [0.2, 0.25) is 0 Å². The Morgan fingerprint density at radius 2 is 1.78 bits per heavy atom. The first kappa shape index (κ1) is 15.7. The fourth-order valence-corrected chi connectivity index (χ4v) is 2.85. The molecule has 0 spiro atoms. The van der Waals surface area contributed by atoms with E-state index < -0.39 is 11.6 Å². The molecule has 0 aromatic heterocycles. The van der Waals surface area contributed by atoms with Crippen molar-refractivity contribution in [2.45, 2.75) is 25.5 Å². The van der Waals surface area contributed by atoms with Crippen molar-refractivity contribution in [1.82, 2.24) is 0 Å². The van der Waals surface area contributed by atoms with Crippen molar-refractivity contribution in [3.05, 3.63) is 59.7 Å². The van der Waals surface area contributed by atoms with Gasteiger partial charge in [-0.3, -0.25) is 0 Å². The molecule has 2 N–H and O–H groups in total. The van der Waals surface area contributed by atoms with E-state index in [-0.39, 0.29) is 6.10 Å². The topological polar surface area (TPSA) is 35.5 Å². The average Bonchev–Trinajstić information content (AvgIpc) is 2.57. The van der Waals surface area contributed by atoms with Gasteiger partial charge in [-0.15, -0.1) is 0 Å². The number of rotatable bonds is 4. The van der Waals surface area contributed by atoms with Crippen molar-refractivity contribution >= 4 is 11.4 Å². The number of anilines is 2. The second-order valence-corrected chi connectivity index (χ2v) is 5.84. The molecule has 0 atom stereocenters. The summed E-state index contributed by atoms with van der Waals surface area (Å²) in [6.07, 6.45) is 1.31. The minimum atomic E-state index is -0.832. The highest BCUT2D eigenvalue weighted by Crippen LogP contribution is 2.28. The van der Waals surface area contributed by atoms with Gasteiger partial charge < -0.3 is 15.3 Å². The summed E-state index contributed by atoms with van der Waals surface area (Å²) >= 11 is 0. The van der Waals surface area contributed by atoms with Crippen molar-refractivity contribution < 1.29 is 13.9 Å². The average molecular weight is 318 g/mol. The smallest absolute Gasteiger partial charge is 0.159 e. The van der Waals surface area contributed by atoms with Crippen LogP contribution in [0.5, 0.6) is 0 Å². The van der Waals surface area contributed by atoms with Crippen molar-refractivity contribution in [2.75, 3.05) is 23.3 Å². The molecule has 1 heterocycles. The first-order chi connectivity index (χ1) is 11.1. The number of hydrogen-bond acceptors (Lipinski definition) is 3. The molecule has 2 aromatic rings. The summed E-state index contributed by atoms with van der Waals surface area (Å²) in [5.74, 6) is -1.66. The van der Waals surface area contributed by atoms with E-state index >= 15 is 0 Å². The summed E-state index contributed by atoms with van der Waals surface area (Å²) in [6.45, 7) is 2.04. The van der Waals surface area contributed by atoms with Crippen molar-refractivity contribution in [2.24, 2.45) is 0 Å². The summed E-state index contributed by atoms with van der Waals surface area (Å²) in [5.41, 5.74) is 2.71. The van der Waals surface area contributed by atoms with E-state index in [2.05, 4.69) is 10.2 Å². The molecular weight excluding hydrogens is 298 g/mol. The zero-order chi connectivity index (χ0) is 16.2. The van der Waals surface area contributed by atoms with Gasteiger partial charge in [0, 0.05) is 19.6 Å². The van der Waals surface area contributed by atoms with Crippen molar-refractivity contribution in [1.29, 1.82) is 0 Å². The summed E-state index contributed by atoms with van der Waals surface area (Å²) in [7, 11) is 0. The van der Waals surface area contributed by atoms with Gasteiger partial charge in [-0.2, -0.15) is 0 Å². The maximum atomic E-state index is 13.3. The molecule has 3 nitrogen and oxygen atoms in total. The van der Waals surface area contributed by atoms with E-state index in [0.29, 0.717) is 12.1 Å². The van der Waals surface area contributed by atoms with Gasteiger partial charge in [-0.1, -0.05) is 18.2 Å². The Hall–Kier alpha value is -2.14. The molecule has 0 saturated carbocycles. The molecular formula is C18H20F2N2O. The zero-order valence-electron chi connectivity index (χ0n) is 12.8. The van der Waals surface area contributed by atoms with Gasteiger partial charge in [0.1, 0.15) is 0 Å². The van der Waals surface area contributed by atoms with Gasteiger partial charge >= 0.3 is 0 Å². The largest absolute Gasteiger partial charge is 0.393 e. The molecule has 1 aliphatic heterocycles. The third kappa shape index (κ3) is 3.79. The Kier molecular flexibility index (Phi) is 4.76. The lowest BCUT2D eigenvalue weighted by Gasteiger charge is -2.33. The normalized spacial score (nSPS) is 15.7. The number of aliphatic hydroxyl groups is 1. The molecule has 0 radical (unpaired) electrons. The van der Waals surface area contributed by atoms with Crippen molar-refractivity contribution in [3.63, 3.8) is 0 Å². The van der Waals surface area contributed by atoms with Crippen LogP contribution in [-0.2, 0) is 6.54 Å². The highest BCUT2D eigenvalue weighted by atomic mass is 19.2. The Bertz CT molecular complexity index is 670. The number of nitrogens with one attached hydrogen (secondary N) is 1. The van der Waals surface area contributed by atoms with Gasteiger partial charge in [0.05, 0.1) is 17.5 Å². The Labute approximate surface area is 134 Å². The van der Waals surface area contributed by atoms with Crippen LogP contribution in [0.1, 0.15) is 18.4 Å². The van der Waals surface area contributed by atoms with Crippen LogP contribution in [0.3, 0.4) is 0 Å². The summed E-state index contributed by atoms with van der Waals surface area (Å²) in [6, 6.07) is 11.8. The van der Waals surface area contributed by atoms with Gasteiger partial charge in [0.2, 0.25) is 0 Å². The number of para-hydroxylation sites is 2. The van der Waals surface area contributed by atoms with Crippen LogP contribution in [0, 0.1) is 11.6 Å². The van der Waals surface area contributed by atoms with Crippen molar-refractivity contribution in [3.8, 4) is 0 Å². The minimum absolute atomic E-state index is 0.214. The monoisotopic (exact) mass is 318 g/mol. The summed E-state index contributed by atoms with van der Waals surface area (Å²) in [5, 5.41) is 12.9. The molecule has 1 saturated heterocycles. The highest BCUT2D eigenvalue weighted by Gasteiger charge is 2.19. The SMILES string of the molecule is OC1CCN(c2ccccc2NCc2ccc(F)c(F)c2)CC1. The maximum absolute atomic E-state index is 13.3. The zero-order valence-corrected chi connectivity index (χ0v) is 12.8. The molecule has 2 aromatic carbocycles. The summed E-state index contributed by atoms with van der Waals surface area (Å²) in [4.78, 5) is 2.24. The standard InChI is InChI=1S/C18H20F2N2O/c19-15-6-5-13(11-16(15)20)12-21-17-3-1-2-4-18(17)22-9-7-14(23)8-10-22/h1-6,11,14,21,23H,7-10,12H2. The number of benzene rings is 2. The van der Waals surface area contributed by atoms with Gasteiger partial charge in [0.25, 0.3) is 0 Å². The van der Waals surface area contributed by atoms with Crippen LogP contribution in [-0.4, -0.2) is 24.3 Å². The Balaban J connectivity index is 1.71. The number of aliphatic hydroxyl groups excluding tert-OH is 1. The van der Waals surface area contributed by atoms with Gasteiger partial charge in [0.15, 0.2) is 11.6 Å². The Morgan fingerprint density at radius 1 is 1.04 bits per heavy atom. The number of nitrogens with zero attached hydrogens (tertiary/aromatic N) is 1. The first-order valence-electron chi connectivity index (χ1n) is 7.83. The highest BCUT2D eigenvalue weighted by molar-refractivity contribution is 5.70. The fraction of sp³-hybridized carbons (Fsp3) is 0.333. The summed E-state index contributed by atoms with van der Waals surface area (Å²) < 4.78 is 26.3. The molecule has 3 rings (SSSR count). The quantitative estimate of drug-likeness (QED) is 0.905. The van der Waals surface area contributed by atoms with Gasteiger partial charge in [-0.25, -0.2) is 8.78 Å². The van der Waals surface area contributed by atoms with Crippen LogP contribution in [0.4, 0.5) is 20.2 Å². The molecule has 0 bridgehead atoms. The number of halogens is 2. The molecule has 0 aliphatic carbocycles. The van der Waals surface area contributed by atoms with E-state index in [1.165, 1.54) is 6.07 Å². The fourth-order valence-electron chi connectivity index (χ4n) is 2.85. The maximum Gasteiger partial charge on any atom is 0.159 e. The molecule has 5 heteroatoms.